The van der Waals surface area contributed by atoms with E-state index in [-0.39, 0.29) is 0 Å². The molecule has 2 aromatic carbocycles. The van der Waals surface area contributed by atoms with Crippen molar-refractivity contribution >= 4 is 5.69 Å². The van der Waals surface area contributed by atoms with Crippen LogP contribution in [0.4, 0.5) is 5.69 Å². The molecule has 0 atom stereocenters. The Morgan fingerprint density at radius 3 is 2.76 bits per heavy atom. The van der Waals surface area contributed by atoms with Gasteiger partial charge in [0.1, 0.15) is 12.4 Å². The lowest BCUT2D eigenvalue weighted by Crippen LogP contribution is -2.30. The average Bonchev–Trinajstić information content (AvgIpc) is 2.80. The van der Waals surface area contributed by atoms with Crippen molar-refractivity contribution in [2.75, 3.05) is 5.43 Å². The molecule has 3 heteroatoms. The number of rotatable bonds is 1. The van der Waals surface area contributed by atoms with Crippen LogP contribution in [0.1, 0.15) is 36.1 Å². The first-order valence-corrected chi connectivity index (χ1v) is 7.59. The molecule has 0 radical (unpaired) electrons. The van der Waals surface area contributed by atoms with Crippen LogP contribution in [-0.4, -0.2) is 11.1 Å². The van der Waals surface area contributed by atoms with E-state index in [1.54, 1.807) is 0 Å². The molecule has 0 fully saturated rings. The van der Waals surface area contributed by atoms with Gasteiger partial charge in [-0.1, -0.05) is 24.3 Å². The Bertz CT molecular complexity index is 694. The molecule has 21 heavy (non-hydrogen) atoms. The number of anilines is 1. The fourth-order valence-corrected chi connectivity index (χ4v) is 3.12. The van der Waals surface area contributed by atoms with Gasteiger partial charge in [-0.3, -0.25) is 0 Å². The number of nitrogens with one attached hydrogen (secondary N) is 1. The van der Waals surface area contributed by atoms with Gasteiger partial charge in [-0.2, -0.15) is 0 Å². The molecule has 1 N–H and O–H groups in total. The lowest BCUT2D eigenvalue weighted by molar-refractivity contribution is 0.279. The number of nitrogens with zero attached hydrogens (tertiary/aromatic N) is 1. The molecular formula is C18H20N2O. The van der Waals surface area contributed by atoms with Crippen molar-refractivity contribution < 1.29 is 4.74 Å². The number of hydrogen-bond acceptors (Lipinski definition) is 3. The number of benzene rings is 2. The molecule has 0 aliphatic carbocycles. The number of fused-ring (bicyclic) bond motifs is 3. The lowest BCUT2D eigenvalue weighted by atomic mass is 9.97. The Kier molecular flexibility index (Phi) is 2.89. The van der Waals surface area contributed by atoms with Gasteiger partial charge in [-0.15, -0.1) is 0 Å². The highest BCUT2D eigenvalue weighted by Gasteiger charge is 2.23. The Labute approximate surface area is 125 Å². The molecular weight excluding hydrogens is 260 g/mol. The van der Waals surface area contributed by atoms with Crippen molar-refractivity contribution in [2.45, 2.75) is 39.5 Å². The molecule has 0 unspecified atom stereocenters. The van der Waals surface area contributed by atoms with Crippen LogP contribution in [0.5, 0.6) is 5.75 Å². The van der Waals surface area contributed by atoms with Crippen LogP contribution in [0.3, 0.4) is 0 Å². The monoisotopic (exact) mass is 280 g/mol. The van der Waals surface area contributed by atoms with Crippen LogP contribution in [-0.2, 0) is 19.6 Å². The molecule has 2 aliphatic rings. The molecule has 2 heterocycles. The summed E-state index contributed by atoms with van der Waals surface area (Å²) in [6.45, 7) is 6.05. The van der Waals surface area contributed by atoms with Crippen LogP contribution >= 0.6 is 0 Å². The van der Waals surface area contributed by atoms with E-state index in [1.165, 1.54) is 27.9 Å². The van der Waals surface area contributed by atoms with Crippen LogP contribution < -0.4 is 10.2 Å². The highest BCUT2D eigenvalue weighted by molar-refractivity contribution is 5.59. The maximum Gasteiger partial charge on any atom is 0.123 e. The van der Waals surface area contributed by atoms with Crippen molar-refractivity contribution in [1.82, 2.24) is 5.01 Å². The molecule has 0 saturated heterocycles. The van der Waals surface area contributed by atoms with Crippen molar-refractivity contribution in [2.24, 2.45) is 0 Å². The van der Waals surface area contributed by atoms with Gasteiger partial charge in [0.2, 0.25) is 0 Å². The van der Waals surface area contributed by atoms with E-state index in [0.29, 0.717) is 12.6 Å². The second-order valence-corrected chi connectivity index (χ2v) is 6.18. The van der Waals surface area contributed by atoms with Crippen molar-refractivity contribution in [1.29, 1.82) is 0 Å². The van der Waals surface area contributed by atoms with E-state index in [2.05, 4.69) is 54.6 Å². The minimum atomic E-state index is 0.495. The summed E-state index contributed by atoms with van der Waals surface area (Å²) in [5.41, 5.74) is 10.1. The smallest absolute Gasteiger partial charge is 0.123 e. The first kappa shape index (κ1) is 12.7. The van der Waals surface area contributed by atoms with Gasteiger partial charge in [-0.25, -0.2) is 5.01 Å². The van der Waals surface area contributed by atoms with Gasteiger partial charge >= 0.3 is 0 Å². The molecule has 2 aromatic rings. The lowest BCUT2D eigenvalue weighted by Gasteiger charge is -2.20. The Hall–Kier alpha value is -2.00. The maximum absolute atomic E-state index is 5.97. The normalized spacial score (nSPS) is 16.5. The summed E-state index contributed by atoms with van der Waals surface area (Å²) in [5, 5.41) is 2.28. The van der Waals surface area contributed by atoms with Gasteiger partial charge in [0.25, 0.3) is 0 Å². The Morgan fingerprint density at radius 2 is 1.90 bits per heavy atom. The van der Waals surface area contributed by atoms with Gasteiger partial charge in [0, 0.05) is 19.0 Å². The second-order valence-electron chi connectivity index (χ2n) is 6.18. The van der Waals surface area contributed by atoms with Crippen LogP contribution in [0, 0.1) is 0 Å². The van der Waals surface area contributed by atoms with E-state index in [1.807, 2.05) is 6.07 Å². The predicted octanol–water partition coefficient (Wildman–Crippen LogP) is 3.72. The van der Waals surface area contributed by atoms with E-state index >= 15 is 0 Å². The topological polar surface area (TPSA) is 24.5 Å². The van der Waals surface area contributed by atoms with E-state index in [9.17, 15) is 0 Å². The van der Waals surface area contributed by atoms with Gasteiger partial charge in [0.05, 0.1) is 5.69 Å². The number of ether oxygens (including phenoxy) is 1. The quantitative estimate of drug-likeness (QED) is 0.861. The van der Waals surface area contributed by atoms with Gasteiger partial charge < -0.3 is 10.2 Å². The number of hydrazine groups is 1. The molecule has 0 saturated carbocycles. The SMILES string of the molecule is CC(C)N1Cc2cc3c(cc2N1)COc1ccccc1C3. The minimum Gasteiger partial charge on any atom is -0.489 e. The second kappa shape index (κ2) is 4.78. The summed E-state index contributed by atoms with van der Waals surface area (Å²) in [6.07, 6.45) is 0.959. The zero-order chi connectivity index (χ0) is 14.4. The summed E-state index contributed by atoms with van der Waals surface area (Å²) >= 11 is 0. The fourth-order valence-electron chi connectivity index (χ4n) is 3.12. The molecule has 2 aliphatic heterocycles. The highest BCUT2D eigenvalue weighted by atomic mass is 16.5. The predicted molar refractivity (Wildman–Crippen MR) is 84.3 cm³/mol. The summed E-state index contributed by atoms with van der Waals surface area (Å²) in [6, 6.07) is 13.5. The van der Waals surface area contributed by atoms with Crippen molar-refractivity contribution in [3.8, 4) is 5.75 Å². The van der Waals surface area contributed by atoms with E-state index < -0.39 is 0 Å². The van der Waals surface area contributed by atoms with Gasteiger partial charge in [0.15, 0.2) is 0 Å². The number of hydrogen-bond donors (Lipinski definition) is 1. The first-order chi connectivity index (χ1) is 10.2. The largest absolute Gasteiger partial charge is 0.489 e. The summed E-state index contributed by atoms with van der Waals surface area (Å²) in [5.74, 6) is 1.02. The molecule has 108 valence electrons. The summed E-state index contributed by atoms with van der Waals surface area (Å²) in [7, 11) is 0. The first-order valence-electron chi connectivity index (χ1n) is 7.59. The maximum atomic E-state index is 5.97. The summed E-state index contributed by atoms with van der Waals surface area (Å²) in [4.78, 5) is 0. The Balaban J connectivity index is 1.71. The van der Waals surface area contributed by atoms with E-state index in [0.717, 1.165) is 18.7 Å². The molecule has 0 amide bonds. The van der Waals surface area contributed by atoms with E-state index in [4.69, 9.17) is 4.74 Å². The molecule has 0 bridgehead atoms. The highest BCUT2D eigenvalue weighted by Crippen LogP contribution is 2.34. The van der Waals surface area contributed by atoms with Crippen LogP contribution in [0.25, 0.3) is 0 Å². The third-order valence-electron chi connectivity index (χ3n) is 4.39. The average molecular weight is 280 g/mol. The molecule has 0 spiro atoms. The van der Waals surface area contributed by atoms with Crippen LogP contribution in [0.15, 0.2) is 36.4 Å². The zero-order valence-corrected chi connectivity index (χ0v) is 12.5. The Morgan fingerprint density at radius 1 is 1.05 bits per heavy atom. The molecule has 3 nitrogen and oxygen atoms in total. The third-order valence-corrected chi connectivity index (χ3v) is 4.39. The molecule has 0 aromatic heterocycles. The standard InChI is InChI=1S/C18H20N2O/c1-12(2)20-10-15-8-14-7-13-5-3-4-6-18(13)21-11-16(14)9-17(15)19-20/h3-6,8-9,12,19H,7,10-11H2,1-2H3. The van der Waals surface area contributed by atoms with Gasteiger partial charge in [-0.05, 0) is 48.2 Å². The third kappa shape index (κ3) is 2.18. The molecule has 4 rings (SSSR count). The van der Waals surface area contributed by atoms with Crippen LogP contribution in [0.2, 0.25) is 0 Å². The minimum absolute atomic E-state index is 0.495. The zero-order valence-electron chi connectivity index (χ0n) is 12.5. The fraction of sp³-hybridized carbons (Fsp3) is 0.333. The summed E-state index contributed by atoms with van der Waals surface area (Å²) < 4.78 is 5.97. The number of para-hydroxylation sites is 1. The van der Waals surface area contributed by atoms with Crippen molar-refractivity contribution in [3.63, 3.8) is 0 Å². The van der Waals surface area contributed by atoms with Crippen molar-refractivity contribution in [3.05, 3.63) is 58.7 Å².